The minimum Gasteiger partial charge on any atom is -0.330 e. The lowest BCUT2D eigenvalue weighted by Gasteiger charge is -2.41. The first kappa shape index (κ1) is 46.7. The largest absolute Gasteiger partial charge is 0.330 e. The zero-order chi connectivity index (χ0) is 56.1. The molecule has 20 rings (SSSR count). The second kappa shape index (κ2) is 16.8. The van der Waals surface area contributed by atoms with Crippen LogP contribution in [0.15, 0.2) is 279 Å². The van der Waals surface area contributed by atoms with Crippen LogP contribution < -0.4 is 25.6 Å². The first-order chi connectivity index (χ1) is 42.5. The molecule has 1 aliphatic carbocycles. The zero-order valence-electron chi connectivity index (χ0n) is 47.1. The molecule has 1 unspecified atom stereocenters. The van der Waals surface area contributed by atoms with Gasteiger partial charge < -0.3 is 18.6 Å². The molecule has 86 heavy (non-hydrogen) atoms. The van der Waals surface area contributed by atoms with Gasteiger partial charge in [0.05, 0.1) is 44.3 Å². The molecule has 5 heteroatoms. The molecule has 2 aliphatic rings. The molecule has 0 N–H and O–H groups in total. The van der Waals surface area contributed by atoms with Crippen molar-refractivity contribution in [3.05, 3.63) is 290 Å². The molecule has 3 aromatic heterocycles. The Morgan fingerprint density at radius 3 is 1.03 bits per heavy atom. The van der Waals surface area contributed by atoms with Crippen molar-refractivity contribution in [2.45, 2.75) is 18.9 Å². The summed E-state index contributed by atoms with van der Waals surface area (Å²) in [5.74, 6) is 0. The monoisotopic (exact) mass is 1110 g/mol. The minimum atomic E-state index is -3.56. The highest BCUT2D eigenvalue weighted by Crippen LogP contribution is 2.56. The molecule has 0 bridgehead atoms. The summed E-state index contributed by atoms with van der Waals surface area (Å²) in [5.41, 5.74) is 15.4. The van der Waals surface area contributed by atoms with Gasteiger partial charge in [0.25, 0.3) is 0 Å². The van der Waals surface area contributed by atoms with Crippen molar-refractivity contribution in [3.63, 3.8) is 0 Å². The second-order valence-corrected chi connectivity index (χ2v) is 28.3. The van der Waals surface area contributed by atoms with E-state index in [4.69, 9.17) is 0 Å². The number of hydrogen-bond acceptors (Lipinski definition) is 1. The third kappa shape index (κ3) is 5.92. The molecule has 4 heterocycles. The van der Waals surface area contributed by atoms with Crippen LogP contribution in [0.3, 0.4) is 0 Å². The number of rotatable bonds is 8. The van der Waals surface area contributed by atoms with Gasteiger partial charge >= 0.3 is 0 Å². The lowest BCUT2D eigenvalue weighted by Crippen LogP contribution is -2.75. The van der Waals surface area contributed by atoms with E-state index >= 15 is 0 Å². The van der Waals surface area contributed by atoms with E-state index in [0.29, 0.717) is 0 Å². The number of anilines is 2. The van der Waals surface area contributed by atoms with Crippen LogP contribution in [0.1, 0.15) is 24.5 Å². The summed E-state index contributed by atoms with van der Waals surface area (Å²) in [6, 6.07) is 105. The Morgan fingerprint density at radius 2 is 0.640 bits per heavy atom. The molecule has 0 saturated carbocycles. The highest BCUT2D eigenvalue weighted by Gasteiger charge is 2.47. The van der Waals surface area contributed by atoms with Crippen molar-refractivity contribution in [1.29, 1.82) is 0 Å². The average molecular weight is 1110 g/mol. The summed E-state index contributed by atoms with van der Waals surface area (Å²) in [7, 11) is -3.56. The SMILES string of the molecule is CC12CC=Cc3ccc4cccc(c4c31)N2c1cc(-n2c3cccc4ccc5cccc2c5c43)cc([Si](c2ccccc2)(c2ccccc2)c2cc(-n3c4cccc5ccc6cccc3c6c54)cc(-n3c4cccc5ccc6cccc3c6c54)c2)c1. The van der Waals surface area contributed by atoms with Crippen LogP contribution in [0.4, 0.5) is 11.4 Å². The van der Waals surface area contributed by atoms with Crippen molar-refractivity contribution in [1.82, 2.24) is 13.7 Å². The van der Waals surface area contributed by atoms with E-state index in [-0.39, 0.29) is 5.54 Å². The molecule has 400 valence electrons. The normalized spacial score (nSPS) is 15.2. The molecule has 1 atom stereocenters. The topological polar surface area (TPSA) is 18.0 Å². The molecule has 0 spiro atoms. The molecule has 4 nitrogen and oxygen atoms in total. The Kier molecular flexibility index (Phi) is 9.10. The van der Waals surface area contributed by atoms with Crippen LogP contribution in [-0.4, -0.2) is 21.8 Å². The Labute approximate surface area is 496 Å². The lowest BCUT2D eigenvalue weighted by molar-refractivity contribution is 0.500. The van der Waals surface area contributed by atoms with E-state index in [2.05, 4.69) is 311 Å². The highest BCUT2D eigenvalue weighted by molar-refractivity contribution is 7.20. The van der Waals surface area contributed by atoms with Gasteiger partial charge in [0.2, 0.25) is 0 Å². The maximum Gasteiger partial charge on any atom is 0.179 e. The summed E-state index contributed by atoms with van der Waals surface area (Å²) in [6.07, 6.45) is 5.64. The first-order valence-corrected chi connectivity index (χ1v) is 32.2. The average Bonchev–Trinajstić information content (AvgIpc) is 1.61. The quantitative estimate of drug-likeness (QED) is 0.0842. The molecule has 18 aromatic rings. The molecule has 0 saturated heterocycles. The van der Waals surface area contributed by atoms with Gasteiger partial charge in [0.1, 0.15) is 0 Å². The smallest absolute Gasteiger partial charge is 0.179 e. The first-order valence-electron chi connectivity index (χ1n) is 30.2. The molecule has 15 aromatic carbocycles. The Bertz CT molecular complexity index is 5500. The van der Waals surface area contributed by atoms with Gasteiger partial charge in [-0.15, -0.1) is 0 Å². The summed E-state index contributed by atoms with van der Waals surface area (Å²) < 4.78 is 7.76. The van der Waals surface area contributed by atoms with Crippen LogP contribution in [0.25, 0.3) is 132 Å². The van der Waals surface area contributed by atoms with Gasteiger partial charge in [-0.1, -0.05) is 206 Å². The lowest BCUT2D eigenvalue weighted by atomic mass is 9.80. The fraction of sp³-hybridized carbons (Fsp3) is 0.0370. The minimum absolute atomic E-state index is 0.367. The van der Waals surface area contributed by atoms with Crippen LogP contribution in [0.5, 0.6) is 0 Å². The maximum absolute atomic E-state index is 3.56. The zero-order valence-corrected chi connectivity index (χ0v) is 48.1. The molecule has 0 radical (unpaired) electrons. The van der Waals surface area contributed by atoms with Crippen molar-refractivity contribution < 1.29 is 0 Å². The van der Waals surface area contributed by atoms with E-state index in [0.717, 1.165) is 23.5 Å². The highest BCUT2D eigenvalue weighted by atomic mass is 28.3. The van der Waals surface area contributed by atoms with E-state index in [9.17, 15) is 0 Å². The molecule has 0 fully saturated rings. The fourth-order valence-electron chi connectivity index (χ4n) is 16.9. The van der Waals surface area contributed by atoms with E-state index < -0.39 is 8.07 Å². The second-order valence-electron chi connectivity index (χ2n) is 24.5. The van der Waals surface area contributed by atoms with Crippen LogP contribution in [0, 0.1) is 0 Å². The van der Waals surface area contributed by atoms with Crippen LogP contribution in [-0.2, 0) is 5.54 Å². The van der Waals surface area contributed by atoms with Gasteiger partial charge in [0.15, 0.2) is 8.07 Å². The predicted molar refractivity (Wildman–Crippen MR) is 366 cm³/mol. The summed E-state index contributed by atoms with van der Waals surface area (Å²) in [4.78, 5) is 2.73. The summed E-state index contributed by atoms with van der Waals surface area (Å²) in [5, 5.41) is 23.2. The number of benzene rings is 15. The van der Waals surface area contributed by atoms with E-state index in [1.807, 2.05) is 0 Å². The third-order valence-corrected chi connectivity index (χ3v) is 24.9. The van der Waals surface area contributed by atoms with E-state index in [1.165, 1.54) is 152 Å². The van der Waals surface area contributed by atoms with Gasteiger partial charge in [-0.25, -0.2) is 0 Å². The van der Waals surface area contributed by atoms with Gasteiger partial charge in [-0.2, -0.15) is 0 Å². The standard InChI is InChI=1S/C81H52N4Si/c1-81-43-15-23-57-42-41-56-22-14-34-72(79(56)80(57)81)85(81)61-45-60(84-70-32-12-20-54-39-40-55-21-13-33-71(84)78(55)77(54)70)48-65(49-61)86(62-24-4-2-5-25-62,63-26-6-3-7-27-63)64-46-58(82-66-28-8-16-50-35-36-51-17-9-29-67(82)74(51)73(50)66)44-59(47-64)83-68-30-10-18-52-37-38-53-19-11-31-69(83)76(53)75(52)68/h2-42,44-49H,43H2,1H3. The van der Waals surface area contributed by atoms with Gasteiger partial charge in [-0.05, 0) is 162 Å². The van der Waals surface area contributed by atoms with Crippen molar-refractivity contribution >= 4 is 155 Å². The molecule has 1 aliphatic heterocycles. The number of aromatic nitrogens is 3. The molecule has 0 amide bonds. The predicted octanol–water partition coefficient (Wildman–Crippen LogP) is 18.1. The summed E-state index contributed by atoms with van der Waals surface area (Å²) >= 11 is 0. The van der Waals surface area contributed by atoms with Gasteiger partial charge in [-0.3, -0.25) is 0 Å². The maximum atomic E-state index is 2.73. The number of hydrogen-bond donors (Lipinski definition) is 0. The Morgan fingerprint density at radius 1 is 0.302 bits per heavy atom. The fourth-order valence-corrected chi connectivity index (χ4v) is 21.7. The van der Waals surface area contributed by atoms with Crippen molar-refractivity contribution in [2.24, 2.45) is 0 Å². The van der Waals surface area contributed by atoms with Crippen LogP contribution >= 0.6 is 0 Å². The Balaban J connectivity index is 0.975. The Hall–Kier alpha value is -10.7. The summed E-state index contributed by atoms with van der Waals surface area (Å²) in [6.45, 7) is 2.49. The van der Waals surface area contributed by atoms with Crippen molar-refractivity contribution in [3.8, 4) is 17.1 Å². The van der Waals surface area contributed by atoms with E-state index in [1.54, 1.807) is 0 Å². The molecular formula is C81H52N4Si. The number of nitrogens with zero attached hydrogens (tertiary/aromatic N) is 4. The van der Waals surface area contributed by atoms with Crippen molar-refractivity contribution in [2.75, 3.05) is 4.90 Å². The third-order valence-electron chi connectivity index (χ3n) is 20.2. The van der Waals surface area contributed by atoms with Crippen LogP contribution in [0.2, 0.25) is 0 Å². The molecular weight excluding hydrogens is 1060 g/mol. The van der Waals surface area contributed by atoms with Gasteiger partial charge in [0, 0.05) is 60.5 Å².